The molecule has 11 heteroatoms. The van der Waals surface area contributed by atoms with Crippen LogP contribution in [0.5, 0.6) is 5.75 Å². The highest BCUT2D eigenvalue weighted by atomic mass is 32.2. The van der Waals surface area contributed by atoms with Crippen LogP contribution in [0.4, 0.5) is 0 Å². The number of hydrogen-bond donors (Lipinski definition) is 2. The van der Waals surface area contributed by atoms with Crippen LogP contribution in [-0.4, -0.2) is 48.3 Å². The van der Waals surface area contributed by atoms with Gasteiger partial charge in [0, 0.05) is 32.7 Å². The Kier molecular flexibility index (Phi) is 8.28. The highest BCUT2D eigenvalue weighted by Gasteiger charge is 2.22. The van der Waals surface area contributed by atoms with E-state index in [0.717, 1.165) is 9.87 Å². The molecular weight excluding hydrogens is 490 g/mol. The summed E-state index contributed by atoms with van der Waals surface area (Å²) in [6.45, 7) is 0.212. The normalized spacial score (nSPS) is 11.9. The van der Waals surface area contributed by atoms with Crippen molar-refractivity contribution >= 4 is 26.0 Å². The number of carbonyl (C=O) groups is 1. The third-order valence-electron chi connectivity index (χ3n) is 5.18. The van der Waals surface area contributed by atoms with E-state index in [2.05, 4.69) is 10.0 Å². The molecule has 0 saturated carbocycles. The highest BCUT2D eigenvalue weighted by Crippen LogP contribution is 2.25. The average Bonchev–Trinajstić information content (AvgIpc) is 2.86. The van der Waals surface area contributed by atoms with Gasteiger partial charge in [0.05, 0.1) is 12.0 Å². The lowest BCUT2D eigenvalue weighted by atomic mass is 10.2. The molecular formula is C24H27N3O6S2. The third-order valence-corrected chi connectivity index (χ3v) is 8.43. The van der Waals surface area contributed by atoms with E-state index in [1.165, 1.54) is 51.5 Å². The molecule has 0 atom stereocenters. The number of methoxy groups -OCH3 is 1. The minimum Gasteiger partial charge on any atom is -0.495 e. The zero-order valence-corrected chi connectivity index (χ0v) is 21.2. The quantitative estimate of drug-likeness (QED) is 0.426. The van der Waals surface area contributed by atoms with Crippen molar-refractivity contribution in [3.05, 3.63) is 89.5 Å². The molecule has 0 heterocycles. The summed E-state index contributed by atoms with van der Waals surface area (Å²) in [7, 11) is -3.26. The maximum Gasteiger partial charge on any atom is 0.251 e. The van der Waals surface area contributed by atoms with Crippen LogP contribution in [0.2, 0.25) is 0 Å². The van der Waals surface area contributed by atoms with Gasteiger partial charge in [0.25, 0.3) is 5.91 Å². The number of rotatable bonds is 10. The van der Waals surface area contributed by atoms with E-state index in [9.17, 15) is 21.6 Å². The number of nitrogens with zero attached hydrogens (tertiary/aromatic N) is 1. The molecule has 0 fully saturated rings. The van der Waals surface area contributed by atoms with Crippen LogP contribution >= 0.6 is 0 Å². The summed E-state index contributed by atoms with van der Waals surface area (Å²) in [6, 6.07) is 19.3. The first kappa shape index (κ1) is 26.4. The first-order valence-electron chi connectivity index (χ1n) is 10.6. The van der Waals surface area contributed by atoms with Crippen LogP contribution < -0.4 is 14.8 Å². The minimum atomic E-state index is -3.97. The number of carbonyl (C=O) groups excluding carboxylic acids is 1. The first-order chi connectivity index (χ1) is 16.5. The second-order valence-electron chi connectivity index (χ2n) is 7.79. The topological polar surface area (TPSA) is 122 Å². The van der Waals surface area contributed by atoms with Gasteiger partial charge in [0.2, 0.25) is 20.0 Å². The molecule has 0 aliphatic rings. The second-order valence-corrected chi connectivity index (χ2v) is 11.7. The van der Waals surface area contributed by atoms with Crippen molar-refractivity contribution in [2.75, 3.05) is 21.2 Å². The van der Waals surface area contributed by atoms with Gasteiger partial charge in [-0.3, -0.25) is 4.79 Å². The van der Waals surface area contributed by atoms with Crippen molar-refractivity contribution in [1.29, 1.82) is 0 Å². The van der Waals surface area contributed by atoms with Gasteiger partial charge < -0.3 is 10.1 Å². The van der Waals surface area contributed by atoms with Crippen molar-refractivity contribution in [3.63, 3.8) is 0 Å². The number of benzene rings is 3. The van der Waals surface area contributed by atoms with E-state index in [-0.39, 0.29) is 34.2 Å². The van der Waals surface area contributed by atoms with Gasteiger partial charge >= 0.3 is 0 Å². The number of ether oxygens (including phenoxy) is 1. The average molecular weight is 518 g/mol. The Balaban J connectivity index is 1.73. The summed E-state index contributed by atoms with van der Waals surface area (Å²) >= 11 is 0. The Morgan fingerprint density at radius 2 is 1.49 bits per heavy atom. The Morgan fingerprint density at radius 3 is 2.09 bits per heavy atom. The molecule has 0 bridgehead atoms. The SMILES string of the molecule is COc1ccc(C(=O)NCc2ccc(S(=O)(=O)N(C)C)cc2)cc1S(=O)(=O)NCc1ccccc1. The van der Waals surface area contributed by atoms with E-state index in [4.69, 9.17) is 4.74 Å². The van der Waals surface area contributed by atoms with E-state index in [0.29, 0.717) is 5.56 Å². The Bertz CT molecular complexity index is 1390. The van der Waals surface area contributed by atoms with Gasteiger partial charge in [-0.15, -0.1) is 0 Å². The molecule has 3 rings (SSSR count). The van der Waals surface area contributed by atoms with Crippen LogP contribution in [0.1, 0.15) is 21.5 Å². The molecule has 3 aromatic carbocycles. The van der Waals surface area contributed by atoms with Crippen molar-refractivity contribution in [1.82, 2.24) is 14.3 Å². The van der Waals surface area contributed by atoms with Crippen molar-refractivity contribution < 1.29 is 26.4 Å². The van der Waals surface area contributed by atoms with Crippen molar-refractivity contribution in [2.45, 2.75) is 22.9 Å². The molecule has 0 unspecified atom stereocenters. The van der Waals surface area contributed by atoms with E-state index >= 15 is 0 Å². The zero-order chi connectivity index (χ0) is 25.6. The number of hydrogen-bond acceptors (Lipinski definition) is 6. The summed E-state index contributed by atoms with van der Waals surface area (Å²) in [5, 5.41) is 2.72. The minimum absolute atomic E-state index is 0.0856. The zero-order valence-electron chi connectivity index (χ0n) is 19.6. The number of sulfonamides is 2. The van der Waals surface area contributed by atoms with Crippen molar-refractivity contribution in [3.8, 4) is 5.75 Å². The lowest BCUT2D eigenvalue weighted by Gasteiger charge is -2.13. The van der Waals surface area contributed by atoms with E-state index in [1.807, 2.05) is 18.2 Å². The summed E-state index contributed by atoms with van der Waals surface area (Å²) in [6.07, 6.45) is 0. The Morgan fingerprint density at radius 1 is 0.857 bits per heavy atom. The number of amides is 1. The highest BCUT2D eigenvalue weighted by molar-refractivity contribution is 7.89. The van der Waals surface area contributed by atoms with E-state index in [1.54, 1.807) is 24.3 Å². The van der Waals surface area contributed by atoms with Crippen LogP contribution in [0, 0.1) is 0 Å². The lowest BCUT2D eigenvalue weighted by Crippen LogP contribution is -2.26. The van der Waals surface area contributed by atoms with Crippen LogP contribution in [0.3, 0.4) is 0 Å². The Labute approximate surface area is 205 Å². The van der Waals surface area contributed by atoms with Gasteiger partial charge in [-0.25, -0.2) is 25.9 Å². The van der Waals surface area contributed by atoms with Crippen LogP contribution in [0.25, 0.3) is 0 Å². The molecule has 186 valence electrons. The fourth-order valence-electron chi connectivity index (χ4n) is 3.15. The molecule has 9 nitrogen and oxygen atoms in total. The summed E-state index contributed by atoms with van der Waals surface area (Å²) < 4.78 is 59.0. The first-order valence-corrected chi connectivity index (χ1v) is 13.5. The van der Waals surface area contributed by atoms with Gasteiger partial charge in [-0.2, -0.15) is 0 Å². The maximum absolute atomic E-state index is 12.9. The maximum atomic E-state index is 12.9. The van der Waals surface area contributed by atoms with Crippen LogP contribution in [0.15, 0.2) is 82.6 Å². The van der Waals surface area contributed by atoms with Gasteiger partial charge in [0.15, 0.2) is 0 Å². The monoisotopic (exact) mass is 517 g/mol. The largest absolute Gasteiger partial charge is 0.495 e. The Hall–Kier alpha value is -3.25. The van der Waals surface area contributed by atoms with Gasteiger partial charge in [-0.05, 0) is 41.5 Å². The molecule has 1 amide bonds. The molecule has 3 aromatic rings. The lowest BCUT2D eigenvalue weighted by molar-refractivity contribution is 0.0950. The van der Waals surface area contributed by atoms with Crippen molar-refractivity contribution in [2.24, 2.45) is 0 Å². The molecule has 0 saturated heterocycles. The fraction of sp³-hybridized carbons (Fsp3) is 0.208. The summed E-state index contributed by atoms with van der Waals surface area (Å²) in [5.74, 6) is -0.378. The molecule has 0 radical (unpaired) electrons. The number of nitrogens with one attached hydrogen (secondary N) is 2. The standard InChI is InChI=1S/C24H27N3O6S2/c1-27(2)35(31,32)21-12-9-19(10-13-21)16-25-24(28)20-11-14-22(33-3)23(15-20)34(29,30)26-17-18-7-5-4-6-8-18/h4-15,26H,16-17H2,1-3H3,(H,25,28). The smallest absolute Gasteiger partial charge is 0.251 e. The molecule has 35 heavy (non-hydrogen) atoms. The predicted molar refractivity (Wildman–Crippen MR) is 132 cm³/mol. The molecule has 0 aliphatic heterocycles. The molecule has 0 aliphatic carbocycles. The van der Waals surface area contributed by atoms with E-state index < -0.39 is 26.0 Å². The van der Waals surface area contributed by atoms with Gasteiger partial charge in [0.1, 0.15) is 10.6 Å². The van der Waals surface area contributed by atoms with Gasteiger partial charge in [-0.1, -0.05) is 42.5 Å². The molecule has 2 N–H and O–H groups in total. The third kappa shape index (κ3) is 6.45. The second kappa shape index (κ2) is 11.0. The summed E-state index contributed by atoms with van der Waals surface area (Å²) in [4.78, 5) is 12.7. The predicted octanol–water partition coefficient (Wildman–Crippen LogP) is 2.35. The van der Waals surface area contributed by atoms with Crippen LogP contribution in [-0.2, 0) is 33.1 Å². The molecule has 0 spiro atoms. The molecule has 0 aromatic heterocycles. The fourth-order valence-corrected chi connectivity index (χ4v) is 5.27. The summed E-state index contributed by atoms with van der Waals surface area (Å²) in [5.41, 5.74) is 1.60.